The van der Waals surface area contributed by atoms with Crippen LogP contribution in [-0.4, -0.2) is 21.3 Å². The van der Waals surface area contributed by atoms with Gasteiger partial charge < -0.3 is 15.3 Å². The van der Waals surface area contributed by atoms with Crippen LogP contribution >= 0.6 is 0 Å². The first-order valence-electron chi connectivity index (χ1n) is 4.10. The molecule has 0 rings (SSSR count). The Labute approximate surface area is 67.7 Å². The molecule has 0 aliphatic heterocycles. The maximum Gasteiger partial charge on any atom is 0.281 e. The van der Waals surface area contributed by atoms with Gasteiger partial charge in [0.1, 0.15) is 0 Å². The summed E-state index contributed by atoms with van der Waals surface area (Å²) in [7, 11) is 0. The summed E-state index contributed by atoms with van der Waals surface area (Å²) in [6.45, 7) is 5.51. The SMILES string of the molecule is CCC(CC)(CC)C(O)(O)O. The van der Waals surface area contributed by atoms with Crippen molar-refractivity contribution in [3.63, 3.8) is 0 Å². The summed E-state index contributed by atoms with van der Waals surface area (Å²) >= 11 is 0. The Bertz CT molecular complexity index is 103. The van der Waals surface area contributed by atoms with Crippen LogP contribution in [0.15, 0.2) is 0 Å². The zero-order valence-electron chi connectivity index (χ0n) is 7.46. The van der Waals surface area contributed by atoms with E-state index in [9.17, 15) is 0 Å². The van der Waals surface area contributed by atoms with Gasteiger partial charge in [0.25, 0.3) is 5.97 Å². The Morgan fingerprint density at radius 1 is 0.818 bits per heavy atom. The predicted octanol–water partition coefficient (Wildman–Crippen LogP) is 0.833. The molecule has 0 spiro atoms. The number of hydrogen-bond donors (Lipinski definition) is 3. The molecule has 0 atom stereocenters. The highest BCUT2D eigenvalue weighted by molar-refractivity contribution is 4.81. The topological polar surface area (TPSA) is 60.7 Å². The lowest BCUT2D eigenvalue weighted by Gasteiger charge is -2.37. The summed E-state index contributed by atoms with van der Waals surface area (Å²) in [6.07, 6.45) is 1.68. The van der Waals surface area contributed by atoms with Crippen LogP contribution in [0.4, 0.5) is 0 Å². The van der Waals surface area contributed by atoms with Crippen LogP contribution in [0.5, 0.6) is 0 Å². The Kier molecular flexibility index (Phi) is 3.48. The molecule has 0 aliphatic carbocycles. The second-order valence-electron chi connectivity index (χ2n) is 2.98. The van der Waals surface area contributed by atoms with Gasteiger partial charge in [0.05, 0.1) is 5.41 Å². The van der Waals surface area contributed by atoms with Crippen LogP contribution in [0.25, 0.3) is 0 Å². The van der Waals surface area contributed by atoms with Gasteiger partial charge in [-0.2, -0.15) is 0 Å². The van der Waals surface area contributed by atoms with Gasteiger partial charge in [-0.3, -0.25) is 0 Å². The van der Waals surface area contributed by atoms with Crippen LogP contribution in [-0.2, 0) is 0 Å². The Morgan fingerprint density at radius 3 is 1.09 bits per heavy atom. The van der Waals surface area contributed by atoms with E-state index in [4.69, 9.17) is 15.3 Å². The average Bonchev–Trinajstić information content (AvgIpc) is 1.90. The molecule has 0 saturated heterocycles. The smallest absolute Gasteiger partial charge is 0.281 e. The van der Waals surface area contributed by atoms with Gasteiger partial charge in [-0.25, -0.2) is 0 Å². The molecular weight excluding hydrogens is 144 g/mol. The molecule has 0 radical (unpaired) electrons. The van der Waals surface area contributed by atoms with Crippen LogP contribution in [0.3, 0.4) is 0 Å². The maximum absolute atomic E-state index is 9.04. The summed E-state index contributed by atoms with van der Waals surface area (Å²) in [5, 5.41) is 27.1. The molecule has 11 heavy (non-hydrogen) atoms. The van der Waals surface area contributed by atoms with Crippen molar-refractivity contribution in [1.82, 2.24) is 0 Å². The molecule has 0 aromatic rings. The normalized spacial score (nSPS) is 13.6. The van der Waals surface area contributed by atoms with E-state index in [1.54, 1.807) is 0 Å². The largest absolute Gasteiger partial charge is 0.343 e. The fraction of sp³-hybridized carbons (Fsp3) is 1.00. The molecule has 0 aromatic carbocycles. The lowest BCUT2D eigenvalue weighted by molar-refractivity contribution is -0.377. The van der Waals surface area contributed by atoms with Crippen LogP contribution in [0.2, 0.25) is 0 Å². The van der Waals surface area contributed by atoms with Crippen molar-refractivity contribution in [3.05, 3.63) is 0 Å². The standard InChI is InChI=1S/C8H18O3/c1-4-7(5-2,6-3)8(9,10)11/h9-11H,4-6H2,1-3H3. The number of hydrogen-bond acceptors (Lipinski definition) is 3. The highest BCUT2D eigenvalue weighted by Crippen LogP contribution is 2.38. The predicted molar refractivity (Wildman–Crippen MR) is 42.7 cm³/mol. The van der Waals surface area contributed by atoms with E-state index < -0.39 is 11.4 Å². The molecule has 3 heteroatoms. The van der Waals surface area contributed by atoms with Gasteiger partial charge >= 0.3 is 0 Å². The van der Waals surface area contributed by atoms with Gasteiger partial charge in [-0.05, 0) is 19.3 Å². The van der Waals surface area contributed by atoms with Gasteiger partial charge in [0.15, 0.2) is 0 Å². The summed E-state index contributed by atoms with van der Waals surface area (Å²) in [5.74, 6) is -2.54. The Hall–Kier alpha value is -0.120. The molecule has 0 saturated carbocycles. The summed E-state index contributed by atoms with van der Waals surface area (Å²) in [5.41, 5.74) is -0.771. The molecule has 0 amide bonds. The molecular formula is C8H18O3. The van der Waals surface area contributed by atoms with Crippen molar-refractivity contribution in [2.45, 2.75) is 46.0 Å². The first kappa shape index (κ1) is 10.9. The quantitative estimate of drug-likeness (QED) is 0.537. The van der Waals surface area contributed by atoms with Crippen LogP contribution in [0.1, 0.15) is 40.0 Å². The molecule has 0 aromatic heterocycles. The van der Waals surface area contributed by atoms with E-state index in [0.29, 0.717) is 19.3 Å². The van der Waals surface area contributed by atoms with Crippen LogP contribution < -0.4 is 0 Å². The van der Waals surface area contributed by atoms with Crippen molar-refractivity contribution in [3.8, 4) is 0 Å². The molecule has 3 N–H and O–H groups in total. The zero-order chi connectivity index (χ0) is 9.12. The maximum atomic E-state index is 9.04. The first-order chi connectivity index (χ1) is 4.93. The van der Waals surface area contributed by atoms with Crippen molar-refractivity contribution in [1.29, 1.82) is 0 Å². The monoisotopic (exact) mass is 162 g/mol. The van der Waals surface area contributed by atoms with E-state index in [1.165, 1.54) is 0 Å². The summed E-state index contributed by atoms with van der Waals surface area (Å²) in [6, 6.07) is 0. The minimum absolute atomic E-state index is 0.559. The molecule has 3 nitrogen and oxygen atoms in total. The van der Waals surface area contributed by atoms with Gasteiger partial charge in [0.2, 0.25) is 0 Å². The fourth-order valence-corrected chi connectivity index (χ4v) is 1.46. The van der Waals surface area contributed by atoms with Gasteiger partial charge in [-0.1, -0.05) is 20.8 Å². The van der Waals surface area contributed by atoms with E-state index in [-0.39, 0.29) is 0 Å². The molecule has 0 unspecified atom stereocenters. The fourth-order valence-electron chi connectivity index (χ4n) is 1.46. The average molecular weight is 162 g/mol. The zero-order valence-corrected chi connectivity index (χ0v) is 7.46. The molecule has 68 valence electrons. The minimum atomic E-state index is -2.54. The van der Waals surface area contributed by atoms with E-state index in [2.05, 4.69) is 0 Å². The minimum Gasteiger partial charge on any atom is -0.343 e. The summed E-state index contributed by atoms with van der Waals surface area (Å²) in [4.78, 5) is 0. The van der Waals surface area contributed by atoms with Crippen molar-refractivity contribution in [2.75, 3.05) is 0 Å². The van der Waals surface area contributed by atoms with E-state index in [0.717, 1.165) is 0 Å². The lowest BCUT2D eigenvalue weighted by Crippen LogP contribution is -2.47. The summed E-state index contributed by atoms with van der Waals surface area (Å²) < 4.78 is 0. The second kappa shape index (κ2) is 3.52. The van der Waals surface area contributed by atoms with E-state index >= 15 is 0 Å². The third-order valence-corrected chi connectivity index (χ3v) is 2.74. The second-order valence-corrected chi connectivity index (χ2v) is 2.98. The lowest BCUT2D eigenvalue weighted by atomic mass is 9.77. The first-order valence-corrected chi connectivity index (χ1v) is 4.10. The van der Waals surface area contributed by atoms with Gasteiger partial charge in [-0.15, -0.1) is 0 Å². The van der Waals surface area contributed by atoms with Gasteiger partial charge in [0, 0.05) is 0 Å². The Balaban J connectivity index is 4.54. The van der Waals surface area contributed by atoms with E-state index in [1.807, 2.05) is 20.8 Å². The third-order valence-electron chi connectivity index (χ3n) is 2.74. The molecule has 0 bridgehead atoms. The van der Waals surface area contributed by atoms with Crippen molar-refractivity contribution in [2.24, 2.45) is 5.41 Å². The number of rotatable bonds is 4. The molecule has 0 fully saturated rings. The van der Waals surface area contributed by atoms with Crippen LogP contribution in [0, 0.1) is 5.41 Å². The highest BCUT2D eigenvalue weighted by atomic mass is 16.7. The number of aliphatic hydroxyl groups is 3. The highest BCUT2D eigenvalue weighted by Gasteiger charge is 2.44. The third kappa shape index (κ3) is 1.92. The van der Waals surface area contributed by atoms with Crippen molar-refractivity contribution < 1.29 is 15.3 Å². The van der Waals surface area contributed by atoms with Crippen molar-refractivity contribution >= 4 is 0 Å². The molecule has 0 heterocycles. The Morgan fingerprint density at radius 2 is 1.09 bits per heavy atom. The molecule has 0 aliphatic rings.